The van der Waals surface area contributed by atoms with Crippen molar-refractivity contribution in [3.05, 3.63) is 29.8 Å². The Balaban J connectivity index is 2.46. The number of amides is 1. The standard InChI is InChI=1S/C14H17NO3/c1-10(16)9-14(18)8-5-12-3-6-13(7-4-12)15-11(2)17/h3-4,6-7H,5,8-9H2,1-2H3,(H,15,17). The lowest BCUT2D eigenvalue weighted by Gasteiger charge is -2.04. The van der Waals surface area contributed by atoms with Gasteiger partial charge >= 0.3 is 0 Å². The number of anilines is 1. The van der Waals surface area contributed by atoms with Crippen molar-refractivity contribution in [2.75, 3.05) is 5.32 Å². The van der Waals surface area contributed by atoms with Crippen molar-refractivity contribution >= 4 is 23.2 Å². The molecule has 0 aliphatic heterocycles. The van der Waals surface area contributed by atoms with Gasteiger partial charge in [-0.05, 0) is 31.0 Å². The van der Waals surface area contributed by atoms with E-state index < -0.39 is 0 Å². The molecule has 1 amide bonds. The van der Waals surface area contributed by atoms with Crippen molar-refractivity contribution in [2.45, 2.75) is 33.1 Å². The highest BCUT2D eigenvalue weighted by molar-refractivity contribution is 5.97. The van der Waals surface area contributed by atoms with Gasteiger partial charge in [0.1, 0.15) is 11.6 Å². The topological polar surface area (TPSA) is 63.2 Å². The summed E-state index contributed by atoms with van der Waals surface area (Å²) in [5, 5.41) is 2.67. The van der Waals surface area contributed by atoms with Crippen LogP contribution in [0.3, 0.4) is 0 Å². The first-order chi connectivity index (χ1) is 8.47. The number of hydrogen-bond donors (Lipinski definition) is 1. The highest BCUT2D eigenvalue weighted by Gasteiger charge is 2.05. The van der Waals surface area contributed by atoms with E-state index in [1.165, 1.54) is 13.8 Å². The van der Waals surface area contributed by atoms with Gasteiger partial charge in [-0.1, -0.05) is 12.1 Å². The molecule has 0 atom stereocenters. The Hall–Kier alpha value is -1.97. The van der Waals surface area contributed by atoms with Crippen molar-refractivity contribution in [1.29, 1.82) is 0 Å². The highest BCUT2D eigenvalue weighted by Crippen LogP contribution is 2.11. The molecule has 0 saturated carbocycles. The molecule has 96 valence electrons. The smallest absolute Gasteiger partial charge is 0.221 e. The van der Waals surface area contributed by atoms with E-state index in [1.807, 2.05) is 12.1 Å². The second-order valence-corrected chi connectivity index (χ2v) is 4.30. The molecule has 0 fully saturated rings. The number of ketones is 2. The third-order valence-electron chi connectivity index (χ3n) is 2.41. The zero-order valence-electron chi connectivity index (χ0n) is 10.7. The largest absolute Gasteiger partial charge is 0.326 e. The van der Waals surface area contributed by atoms with Crippen LogP contribution >= 0.6 is 0 Å². The maximum Gasteiger partial charge on any atom is 0.221 e. The molecule has 4 nitrogen and oxygen atoms in total. The second kappa shape index (κ2) is 6.69. The molecule has 0 unspecified atom stereocenters. The summed E-state index contributed by atoms with van der Waals surface area (Å²) >= 11 is 0. The van der Waals surface area contributed by atoms with E-state index in [1.54, 1.807) is 12.1 Å². The minimum Gasteiger partial charge on any atom is -0.326 e. The van der Waals surface area contributed by atoms with Crippen LogP contribution in [0.2, 0.25) is 0 Å². The lowest BCUT2D eigenvalue weighted by atomic mass is 10.0. The molecular formula is C14H17NO3. The van der Waals surface area contributed by atoms with Gasteiger partial charge in [-0.3, -0.25) is 14.4 Å². The van der Waals surface area contributed by atoms with Crippen molar-refractivity contribution in [3.8, 4) is 0 Å². The highest BCUT2D eigenvalue weighted by atomic mass is 16.2. The van der Waals surface area contributed by atoms with Crippen molar-refractivity contribution in [1.82, 2.24) is 0 Å². The molecule has 0 spiro atoms. The summed E-state index contributed by atoms with van der Waals surface area (Å²) in [6.45, 7) is 2.87. The minimum absolute atomic E-state index is 0.0178. The molecule has 0 heterocycles. The van der Waals surface area contributed by atoms with Crippen molar-refractivity contribution < 1.29 is 14.4 Å². The number of rotatable bonds is 6. The predicted molar refractivity (Wildman–Crippen MR) is 69.4 cm³/mol. The summed E-state index contributed by atoms with van der Waals surface area (Å²) in [5.41, 5.74) is 1.75. The van der Waals surface area contributed by atoms with Gasteiger partial charge in [0.2, 0.25) is 5.91 Å². The number of nitrogens with one attached hydrogen (secondary N) is 1. The molecule has 4 heteroatoms. The maximum absolute atomic E-state index is 11.4. The van der Waals surface area contributed by atoms with Crippen LogP contribution in [0.25, 0.3) is 0 Å². The van der Waals surface area contributed by atoms with Gasteiger partial charge in [0.15, 0.2) is 0 Å². The summed E-state index contributed by atoms with van der Waals surface area (Å²) in [6, 6.07) is 7.33. The zero-order valence-corrected chi connectivity index (χ0v) is 10.7. The Morgan fingerprint density at radius 3 is 2.17 bits per heavy atom. The van der Waals surface area contributed by atoms with Crippen molar-refractivity contribution in [2.24, 2.45) is 0 Å². The van der Waals surface area contributed by atoms with Gasteiger partial charge in [-0.2, -0.15) is 0 Å². The molecule has 1 rings (SSSR count). The minimum atomic E-state index is -0.112. The third kappa shape index (κ3) is 5.39. The molecule has 0 aliphatic rings. The van der Waals surface area contributed by atoms with E-state index in [0.29, 0.717) is 12.8 Å². The summed E-state index contributed by atoms with van der Waals surface area (Å²) in [7, 11) is 0. The summed E-state index contributed by atoms with van der Waals surface area (Å²) in [5.74, 6) is -0.242. The Bertz CT molecular complexity index is 449. The summed E-state index contributed by atoms with van der Waals surface area (Å²) in [6.07, 6.45) is 1.01. The van der Waals surface area contributed by atoms with Crippen LogP contribution in [0.4, 0.5) is 5.69 Å². The number of Topliss-reactive ketones (excluding diaryl/α,β-unsaturated/α-hetero) is 2. The molecule has 0 aliphatic carbocycles. The van der Waals surface area contributed by atoms with Gasteiger partial charge in [0.05, 0.1) is 6.42 Å². The van der Waals surface area contributed by atoms with Crippen LogP contribution < -0.4 is 5.32 Å². The summed E-state index contributed by atoms with van der Waals surface area (Å²) < 4.78 is 0. The SMILES string of the molecule is CC(=O)CC(=O)CCc1ccc(NC(C)=O)cc1. The van der Waals surface area contributed by atoms with Crippen LogP contribution in [0.15, 0.2) is 24.3 Å². The maximum atomic E-state index is 11.4. The van der Waals surface area contributed by atoms with Crippen LogP contribution in [-0.2, 0) is 20.8 Å². The Morgan fingerprint density at radius 1 is 1.06 bits per heavy atom. The van der Waals surface area contributed by atoms with E-state index in [2.05, 4.69) is 5.32 Å². The summed E-state index contributed by atoms with van der Waals surface area (Å²) in [4.78, 5) is 32.9. The second-order valence-electron chi connectivity index (χ2n) is 4.30. The molecule has 1 aromatic carbocycles. The van der Waals surface area contributed by atoms with Crippen LogP contribution in [0.5, 0.6) is 0 Å². The van der Waals surface area contributed by atoms with Crippen LogP contribution in [0.1, 0.15) is 32.3 Å². The fourth-order valence-corrected chi connectivity index (χ4v) is 1.61. The Morgan fingerprint density at radius 2 is 1.67 bits per heavy atom. The zero-order chi connectivity index (χ0) is 13.5. The van der Waals surface area contributed by atoms with E-state index in [4.69, 9.17) is 0 Å². The monoisotopic (exact) mass is 247 g/mol. The molecule has 0 aromatic heterocycles. The molecule has 18 heavy (non-hydrogen) atoms. The molecule has 1 N–H and O–H groups in total. The predicted octanol–water partition coefficient (Wildman–Crippen LogP) is 2.13. The first kappa shape index (κ1) is 14.1. The lowest BCUT2D eigenvalue weighted by Crippen LogP contribution is -2.06. The van der Waals surface area contributed by atoms with Gasteiger partial charge < -0.3 is 5.32 Å². The normalized spacial score (nSPS) is 9.89. The van der Waals surface area contributed by atoms with Crippen molar-refractivity contribution in [3.63, 3.8) is 0 Å². The first-order valence-corrected chi connectivity index (χ1v) is 5.85. The first-order valence-electron chi connectivity index (χ1n) is 5.85. The van der Waals surface area contributed by atoms with Gasteiger partial charge in [0.25, 0.3) is 0 Å². The average molecular weight is 247 g/mol. The Kier molecular flexibility index (Phi) is 5.24. The molecule has 0 radical (unpaired) electrons. The van der Waals surface area contributed by atoms with E-state index in [0.717, 1.165) is 11.3 Å². The Labute approximate surface area is 106 Å². The number of hydrogen-bond acceptors (Lipinski definition) is 3. The van der Waals surface area contributed by atoms with Gasteiger partial charge in [0, 0.05) is 19.0 Å². The molecule has 0 saturated heterocycles. The van der Waals surface area contributed by atoms with Gasteiger partial charge in [-0.25, -0.2) is 0 Å². The molecule has 0 bridgehead atoms. The van der Waals surface area contributed by atoms with E-state index >= 15 is 0 Å². The molecule has 1 aromatic rings. The fraction of sp³-hybridized carbons (Fsp3) is 0.357. The van der Waals surface area contributed by atoms with E-state index in [-0.39, 0.29) is 23.9 Å². The molecular weight excluding hydrogens is 230 g/mol. The van der Waals surface area contributed by atoms with Crippen LogP contribution in [0, 0.1) is 0 Å². The number of carbonyl (C=O) groups excluding carboxylic acids is 3. The lowest BCUT2D eigenvalue weighted by molar-refractivity contribution is -0.125. The quantitative estimate of drug-likeness (QED) is 0.783. The third-order valence-corrected chi connectivity index (χ3v) is 2.41. The number of aryl methyl sites for hydroxylation is 1. The average Bonchev–Trinajstić information content (AvgIpc) is 2.26. The van der Waals surface area contributed by atoms with Crippen LogP contribution in [-0.4, -0.2) is 17.5 Å². The number of carbonyl (C=O) groups is 3. The number of benzene rings is 1. The van der Waals surface area contributed by atoms with Gasteiger partial charge in [-0.15, -0.1) is 0 Å². The van der Waals surface area contributed by atoms with E-state index in [9.17, 15) is 14.4 Å². The fourth-order valence-electron chi connectivity index (χ4n) is 1.61.